The predicted octanol–water partition coefficient (Wildman–Crippen LogP) is 2.25. The standard InChI is InChI=1S/C14H26N2/c1-14(2)8-10(14)9-15-11-6-12-4-5-13(7-11)16(12)3/h10-13,15H,4-9H2,1-3H3. The number of piperidine rings is 1. The molecule has 1 saturated carbocycles. The molecule has 0 amide bonds. The van der Waals surface area contributed by atoms with Gasteiger partial charge in [-0.25, -0.2) is 0 Å². The summed E-state index contributed by atoms with van der Waals surface area (Å²) in [6.45, 7) is 6.07. The summed E-state index contributed by atoms with van der Waals surface area (Å²) in [6.07, 6.45) is 7.09. The first kappa shape index (κ1) is 11.0. The molecular formula is C14H26N2. The maximum absolute atomic E-state index is 3.83. The molecule has 0 spiro atoms. The first-order chi connectivity index (χ1) is 7.56. The molecule has 2 aliphatic heterocycles. The van der Waals surface area contributed by atoms with Gasteiger partial charge in [0.2, 0.25) is 0 Å². The van der Waals surface area contributed by atoms with E-state index >= 15 is 0 Å². The van der Waals surface area contributed by atoms with Gasteiger partial charge in [-0.1, -0.05) is 13.8 Å². The molecule has 3 rings (SSSR count). The summed E-state index contributed by atoms with van der Waals surface area (Å²) in [6, 6.07) is 2.57. The van der Waals surface area contributed by atoms with Gasteiger partial charge in [-0.2, -0.15) is 0 Å². The summed E-state index contributed by atoms with van der Waals surface area (Å²) in [7, 11) is 2.32. The molecule has 3 atom stereocenters. The van der Waals surface area contributed by atoms with Gasteiger partial charge >= 0.3 is 0 Å². The fraction of sp³-hybridized carbons (Fsp3) is 1.00. The van der Waals surface area contributed by atoms with Gasteiger partial charge in [0.15, 0.2) is 0 Å². The Hall–Kier alpha value is -0.0800. The minimum Gasteiger partial charge on any atom is -0.314 e. The van der Waals surface area contributed by atoms with Crippen molar-refractivity contribution < 1.29 is 0 Å². The molecule has 3 unspecified atom stereocenters. The monoisotopic (exact) mass is 222 g/mol. The van der Waals surface area contributed by atoms with E-state index in [1.165, 1.54) is 38.6 Å². The molecular weight excluding hydrogens is 196 g/mol. The van der Waals surface area contributed by atoms with E-state index in [-0.39, 0.29) is 0 Å². The predicted molar refractivity (Wildman–Crippen MR) is 67.5 cm³/mol. The summed E-state index contributed by atoms with van der Waals surface area (Å²) < 4.78 is 0. The summed E-state index contributed by atoms with van der Waals surface area (Å²) in [4.78, 5) is 2.62. The van der Waals surface area contributed by atoms with E-state index in [2.05, 4.69) is 31.1 Å². The summed E-state index contributed by atoms with van der Waals surface area (Å²) in [5.74, 6) is 0.949. The molecule has 2 nitrogen and oxygen atoms in total. The molecule has 92 valence electrons. The van der Waals surface area contributed by atoms with Crippen LogP contribution in [0.1, 0.15) is 46.0 Å². The second-order valence-electron chi connectivity index (χ2n) is 7.02. The van der Waals surface area contributed by atoms with Crippen LogP contribution in [-0.4, -0.2) is 36.6 Å². The second kappa shape index (κ2) is 3.71. The fourth-order valence-corrected chi connectivity index (χ4v) is 3.81. The Morgan fingerprint density at radius 2 is 1.75 bits per heavy atom. The van der Waals surface area contributed by atoms with Gasteiger partial charge in [0.25, 0.3) is 0 Å². The van der Waals surface area contributed by atoms with Crippen molar-refractivity contribution >= 4 is 0 Å². The zero-order chi connectivity index (χ0) is 11.3. The highest BCUT2D eigenvalue weighted by molar-refractivity contribution is 4.99. The molecule has 1 aliphatic carbocycles. The molecule has 2 bridgehead atoms. The molecule has 0 aromatic rings. The van der Waals surface area contributed by atoms with Crippen LogP contribution in [0.3, 0.4) is 0 Å². The summed E-state index contributed by atoms with van der Waals surface area (Å²) >= 11 is 0. The van der Waals surface area contributed by atoms with Crippen molar-refractivity contribution in [1.29, 1.82) is 0 Å². The lowest BCUT2D eigenvalue weighted by Crippen LogP contribution is -2.47. The zero-order valence-corrected chi connectivity index (χ0v) is 11.0. The third-order valence-electron chi connectivity index (χ3n) is 5.47. The van der Waals surface area contributed by atoms with E-state index in [4.69, 9.17) is 0 Å². The third-order valence-corrected chi connectivity index (χ3v) is 5.47. The smallest absolute Gasteiger partial charge is 0.0111 e. The molecule has 1 N–H and O–H groups in total. The number of fused-ring (bicyclic) bond motifs is 2. The van der Waals surface area contributed by atoms with Crippen LogP contribution < -0.4 is 5.32 Å². The maximum atomic E-state index is 3.83. The molecule has 2 heteroatoms. The number of rotatable bonds is 3. The lowest BCUT2D eigenvalue weighted by molar-refractivity contribution is 0.148. The van der Waals surface area contributed by atoms with E-state index < -0.39 is 0 Å². The van der Waals surface area contributed by atoms with Gasteiger partial charge in [0, 0.05) is 18.1 Å². The minimum absolute atomic E-state index is 0.636. The van der Waals surface area contributed by atoms with Crippen molar-refractivity contribution in [3.8, 4) is 0 Å². The molecule has 3 aliphatic rings. The first-order valence-corrected chi connectivity index (χ1v) is 7.01. The van der Waals surface area contributed by atoms with Gasteiger partial charge in [-0.05, 0) is 57.0 Å². The second-order valence-corrected chi connectivity index (χ2v) is 7.02. The average molecular weight is 222 g/mol. The quantitative estimate of drug-likeness (QED) is 0.788. The highest BCUT2D eigenvalue weighted by Crippen LogP contribution is 2.51. The Morgan fingerprint density at radius 1 is 1.19 bits per heavy atom. The van der Waals surface area contributed by atoms with Crippen molar-refractivity contribution in [1.82, 2.24) is 10.2 Å². The normalized spacial score (nSPS) is 45.9. The van der Waals surface area contributed by atoms with Crippen molar-refractivity contribution in [3.63, 3.8) is 0 Å². The molecule has 0 aromatic carbocycles. The largest absolute Gasteiger partial charge is 0.314 e. The average Bonchev–Trinajstić information content (AvgIpc) is 2.80. The molecule has 3 fully saturated rings. The first-order valence-electron chi connectivity index (χ1n) is 7.01. The number of nitrogens with one attached hydrogen (secondary N) is 1. The topological polar surface area (TPSA) is 15.3 Å². The highest BCUT2D eigenvalue weighted by atomic mass is 15.2. The van der Waals surface area contributed by atoms with Crippen LogP contribution in [0, 0.1) is 11.3 Å². The van der Waals surface area contributed by atoms with Crippen LogP contribution >= 0.6 is 0 Å². The Labute approximate surface area is 99.8 Å². The van der Waals surface area contributed by atoms with Gasteiger partial charge in [-0.15, -0.1) is 0 Å². The number of hydrogen-bond acceptors (Lipinski definition) is 2. The van der Waals surface area contributed by atoms with E-state index in [9.17, 15) is 0 Å². The van der Waals surface area contributed by atoms with Gasteiger partial charge < -0.3 is 10.2 Å². The molecule has 16 heavy (non-hydrogen) atoms. The maximum Gasteiger partial charge on any atom is 0.0111 e. The van der Waals surface area contributed by atoms with Crippen molar-refractivity contribution in [2.24, 2.45) is 11.3 Å². The van der Waals surface area contributed by atoms with E-state index in [0.717, 1.165) is 24.0 Å². The number of hydrogen-bond donors (Lipinski definition) is 1. The van der Waals surface area contributed by atoms with Crippen LogP contribution in [-0.2, 0) is 0 Å². The summed E-state index contributed by atoms with van der Waals surface area (Å²) in [5.41, 5.74) is 0.636. The van der Waals surface area contributed by atoms with Crippen LogP contribution in [0.15, 0.2) is 0 Å². The van der Waals surface area contributed by atoms with Crippen LogP contribution in [0.2, 0.25) is 0 Å². The molecule has 0 aromatic heterocycles. The Bertz CT molecular complexity index is 260. The van der Waals surface area contributed by atoms with Gasteiger partial charge in [0.05, 0.1) is 0 Å². The van der Waals surface area contributed by atoms with E-state index in [0.29, 0.717) is 5.41 Å². The Kier molecular flexibility index (Phi) is 2.56. The van der Waals surface area contributed by atoms with E-state index in [1.807, 2.05) is 0 Å². The zero-order valence-electron chi connectivity index (χ0n) is 11.0. The van der Waals surface area contributed by atoms with E-state index in [1.54, 1.807) is 0 Å². The summed E-state index contributed by atoms with van der Waals surface area (Å²) in [5, 5.41) is 3.83. The third kappa shape index (κ3) is 1.91. The van der Waals surface area contributed by atoms with Gasteiger partial charge in [0.1, 0.15) is 0 Å². The number of nitrogens with zero attached hydrogens (tertiary/aromatic N) is 1. The Morgan fingerprint density at radius 3 is 2.25 bits per heavy atom. The van der Waals surface area contributed by atoms with Crippen LogP contribution in [0.4, 0.5) is 0 Å². The fourth-order valence-electron chi connectivity index (χ4n) is 3.81. The molecule has 2 saturated heterocycles. The lowest BCUT2D eigenvalue weighted by Gasteiger charge is -2.36. The van der Waals surface area contributed by atoms with Crippen molar-refractivity contribution in [2.75, 3.05) is 13.6 Å². The molecule has 2 heterocycles. The minimum atomic E-state index is 0.636. The SMILES string of the molecule is CN1C2CCC1CC(NCC1CC1(C)C)C2. The molecule has 0 radical (unpaired) electrons. The van der Waals surface area contributed by atoms with Crippen molar-refractivity contribution in [2.45, 2.75) is 64.1 Å². The Balaban J connectivity index is 1.47. The van der Waals surface area contributed by atoms with Crippen LogP contribution in [0.25, 0.3) is 0 Å². The van der Waals surface area contributed by atoms with Crippen molar-refractivity contribution in [3.05, 3.63) is 0 Å². The van der Waals surface area contributed by atoms with Gasteiger partial charge in [-0.3, -0.25) is 0 Å². The van der Waals surface area contributed by atoms with Crippen LogP contribution in [0.5, 0.6) is 0 Å². The lowest BCUT2D eigenvalue weighted by atomic mass is 9.97. The highest BCUT2D eigenvalue weighted by Gasteiger charge is 2.45.